The maximum Gasteiger partial charge on any atom is 0.0553 e. The quantitative estimate of drug-likeness (QED) is 0.732. The molecular weight excluding hydrogens is 152 g/mol. The first-order valence-electron chi connectivity index (χ1n) is 4.03. The van der Waals surface area contributed by atoms with Crippen LogP contribution in [-0.2, 0) is 4.74 Å². The molecule has 0 saturated carbocycles. The zero-order chi connectivity index (χ0) is 8.81. The van der Waals surface area contributed by atoms with Crippen molar-refractivity contribution in [3.63, 3.8) is 0 Å². The van der Waals surface area contributed by atoms with Gasteiger partial charge in [0.1, 0.15) is 0 Å². The van der Waals surface area contributed by atoms with Gasteiger partial charge in [0.25, 0.3) is 0 Å². The van der Waals surface area contributed by atoms with Gasteiger partial charge in [0.2, 0.25) is 0 Å². The van der Waals surface area contributed by atoms with Crippen LogP contribution in [0.4, 0.5) is 0 Å². The van der Waals surface area contributed by atoms with E-state index in [1.165, 1.54) is 0 Å². The van der Waals surface area contributed by atoms with Crippen LogP contribution in [0.15, 0.2) is 30.3 Å². The number of benzene rings is 1. The molecule has 0 amide bonds. The van der Waals surface area contributed by atoms with Crippen LogP contribution in [0.2, 0.25) is 0 Å². The second-order valence-corrected chi connectivity index (χ2v) is 2.75. The first kappa shape index (κ1) is 9.23. The summed E-state index contributed by atoms with van der Waals surface area (Å²) in [7, 11) is 1.64. The van der Waals surface area contributed by atoms with E-state index in [2.05, 4.69) is 0 Å². The first-order chi connectivity index (χ1) is 5.88. The molecule has 0 spiro atoms. The van der Waals surface area contributed by atoms with Gasteiger partial charge < -0.3 is 9.84 Å². The number of ether oxygens (including phenoxy) is 1. The van der Waals surface area contributed by atoms with Crippen LogP contribution in [0.1, 0.15) is 11.5 Å². The van der Waals surface area contributed by atoms with Crippen LogP contribution in [0, 0.1) is 0 Å². The number of hydrogen-bond donors (Lipinski definition) is 1. The molecule has 1 atom stereocenters. The Morgan fingerprint density at radius 3 is 2.50 bits per heavy atom. The van der Waals surface area contributed by atoms with Gasteiger partial charge >= 0.3 is 0 Å². The Balaban J connectivity index is 2.66. The molecular formula is C10H14O2. The molecule has 1 aromatic carbocycles. The van der Waals surface area contributed by atoms with Crippen LogP contribution in [-0.4, -0.2) is 25.4 Å². The van der Waals surface area contributed by atoms with E-state index in [1.807, 2.05) is 30.3 Å². The molecule has 0 aliphatic rings. The van der Waals surface area contributed by atoms with Gasteiger partial charge in [-0.3, -0.25) is 0 Å². The second-order valence-electron chi connectivity index (χ2n) is 2.75. The molecule has 0 bridgehead atoms. The lowest BCUT2D eigenvalue weighted by Gasteiger charge is -2.12. The highest BCUT2D eigenvalue weighted by Crippen LogP contribution is 2.14. The van der Waals surface area contributed by atoms with E-state index in [0.717, 1.165) is 5.56 Å². The van der Waals surface area contributed by atoms with Crippen molar-refractivity contribution < 1.29 is 9.84 Å². The summed E-state index contributed by atoms with van der Waals surface area (Å²) in [5.74, 6) is 0.108. The smallest absolute Gasteiger partial charge is 0.0553 e. The van der Waals surface area contributed by atoms with E-state index in [1.54, 1.807) is 7.11 Å². The fourth-order valence-electron chi connectivity index (χ4n) is 1.18. The van der Waals surface area contributed by atoms with Crippen LogP contribution in [0.25, 0.3) is 0 Å². The Morgan fingerprint density at radius 1 is 1.33 bits per heavy atom. The summed E-state index contributed by atoms with van der Waals surface area (Å²) in [6, 6.07) is 9.89. The largest absolute Gasteiger partial charge is 0.396 e. The van der Waals surface area contributed by atoms with Crippen LogP contribution in [0.3, 0.4) is 0 Å². The van der Waals surface area contributed by atoms with Crippen molar-refractivity contribution >= 4 is 0 Å². The predicted molar refractivity (Wildman–Crippen MR) is 48.1 cm³/mol. The standard InChI is InChI=1S/C10H14O2/c1-12-8-10(7-11)9-5-3-2-4-6-9/h2-6,10-11H,7-8H2,1H3. The maximum atomic E-state index is 9.03. The molecule has 1 rings (SSSR count). The third-order valence-corrected chi connectivity index (χ3v) is 1.86. The Hall–Kier alpha value is -0.860. The molecule has 0 aromatic heterocycles. The average Bonchev–Trinajstić information content (AvgIpc) is 2.15. The Morgan fingerprint density at radius 2 is 2.00 bits per heavy atom. The van der Waals surface area contributed by atoms with E-state index in [-0.39, 0.29) is 12.5 Å². The molecule has 0 radical (unpaired) electrons. The predicted octanol–water partition coefficient (Wildman–Crippen LogP) is 1.41. The van der Waals surface area contributed by atoms with Gasteiger partial charge in [-0.05, 0) is 5.56 Å². The van der Waals surface area contributed by atoms with Crippen molar-refractivity contribution in [2.45, 2.75) is 5.92 Å². The normalized spacial score (nSPS) is 12.8. The zero-order valence-electron chi connectivity index (χ0n) is 7.23. The summed E-state index contributed by atoms with van der Waals surface area (Å²) in [4.78, 5) is 0. The highest BCUT2D eigenvalue weighted by Gasteiger charge is 2.08. The van der Waals surface area contributed by atoms with E-state index >= 15 is 0 Å². The molecule has 2 heteroatoms. The van der Waals surface area contributed by atoms with E-state index in [0.29, 0.717) is 6.61 Å². The summed E-state index contributed by atoms with van der Waals surface area (Å²) in [6.45, 7) is 0.707. The molecule has 1 aromatic rings. The monoisotopic (exact) mass is 166 g/mol. The van der Waals surface area contributed by atoms with Crippen molar-refractivity contribution in [3.05, 3.63) is 35.9 Å². The fraction of sp³-hybridized carbons (Fsp3) is 0.400. The van der Waals surface area contributed by atoms with Crippen LogP contribution < -0.4 is 0 Å². The number of aliphatic hydroxyl groups is 1. The topological polar surface area (TPSA) is 29.5 Å². The molecule has 0 aliphatic carbocycles. The van der Waals surface area contributed by atoms with Gasteiger partial charge in [-0.2, -0.15) is 0 Å². The van der Waals surface area contributed by atoms with Crippen molar-refractivity contribution in [3.8, 4) is 0 Å². The molecule has 0 fully saturated rings. The lowest BCUT2D eigenvalue weighted by molar-refractivity contribution is 0.144. The molecule has 1 N–H and O–H groups in total. The summed E-state index contributed by atoms with van der Waals surface area (Å²) in [5.41, 5.74) is 1.13. The Kier molecular flexibility index (Phi) is 3.77. The molecule has 0 saturated heterocycles. The molecule has 1 unspecified atom stereocenters. The van der Waals surface area contributed by atoms with E-state index in [9.17, 15) is 0 Å². The van der Waals surface area contributed by atoms with Crippen LogP contribution >= 0.6 is 0 Å². The van der Waals surface area contributed by atoms with Crippen LogP contribution in [0.5, 0.6) is 0 Å². The number of rotatable bonds is 4. The van der Waals surface area contributed by atoms with Crippen molar-refractivity contribution in [1.29, 1.82) is 0 Å². The summed E-state index contributed by atoms with van der Waals surface area (Å²) in [5, 5.41) is 9.03. The third kappa shape index (κ3) is 2.32. The highest BCUT2D eigenvalue weighted by molar-refractivity contribution is 5.19. The molecule has 12 heavy (non-hydrogen) atoms. The molecule has 2 nitrogen and oxygen atoms in total. The van der Waals surface area contributed by atoms with E-state index < -0.39 is 0 Å². The maximum absolute atomic E-state index is 9.03. The molecule has 0 heterocycles. The zero-order valence-corrected chi connectivity index (χ0v) is 7.23. The number of hydrogen-bond acceptors (Lipinski definition) is 2. The lowest BCUT2D eigenvalue weighted by atomic mass is 10.0. The minimum absolute atomic E-state index is 0.108. The summed E-state index contributed by atoms with van der Waals surface area (Å²) >= 11 is 0. The Bertz CT molecular complexity index is 208. The average molecular weight is 166 g/mol. The van der Waals surface area contributed by atoms with Gasteiger partial charge in [-0.25, -0.2) is 0 Å². The minimum atomic E-state index is 0.108. The van der Waals surface area contributed by atoms with Crippen molar-refractivity contribution in [2.75, 3.05) is 20.3 Å². The minimum Gasteiger partial charge on any atom is -0.396 e. The Labute approximate surface area is 72.8 Å². The highest BCUT2D eigenvalue weighted by atomic mass is 16.5. The molecule has 66 valence electrons. The van der Waals surface area contributed by atoms with Crippen molar-refractivity contribution in [2.24, 2.45) is 0 Å². The number of aliphatic hydroxyl groups excluding tert-OH is 1. The lowest BCUT2D eigenvalue weighted by Crippen LogP contribution is -2.10. The second kappa shape index (κ2) is 4.91. The summed E-state index contributed by atoms with van der Waals surface area (Å²) < 4.78 is 4.99. The van der Waals surface area contributed by atoms with Crippen molar-refractivity contribution in [1.82, 2.24) is 0 Å². The molecule has 0 aliphatic heterocycles. The van der Waals surface area contributed by atoms with Gasteiger partial charge in [-0.15, -0.1) is 0 Å². The first-order valence-corrected chi connectivity index (χ1v) is 4.03. The summed E-state index contributed by atoms with van der Waals surface area (Å²) in [6.07, 6.45) is 0. The van der Waals surface area contributed by atoms with Gasteiger partial charge in [0, 0.05) is 13.0 Å². The van der Waals surface area contributed by atoms with E-state index in [4.69, 9.17) is 9.84 Å². The van der Waals surface area contributed by atoms with Gasteiger partial charge in [-0.1, -0.05) is 30.3 Å². The fourth-order valence-corrected chi connectivity index (χ4v) is 1.18. The SMILES string of the molecule is COCC(CO)c1ccccc1. The third-order valence-electron chi connectivity index (χ3n) is 1.86. The van der Waals surface area contributed by atoms with Gasteiger partial charge in [0.15, 0.2) is 0 Å². The van der Waals surface area contributed by atoms with Gasteiger partial charge in [0.05, 0.1) is 13.2 Å². The number of methoxy groups -OCH3 is 1.